The molecule has 0 saturated heterocycles. The third-order valence-corrected chi connectivity index (χ3v) is 2.63. The summed E-state index contributed by atoms with van der Waals surface area (Å²) >= 11 is 0. The van der Waals surface area contributed by atoms with Gasteiger partial charge in [0.1, 0.15) is 5.76 Å². The number of aryl methyl sites for hydroxylation is 2. The molecule has 0 amide bonds. The number of aromatic nitrogens is 1. The van der Waals surface area contributed by atoms with E-state index in [0.717, 1.165) is 23.9 Å². The van der Waals surface area contributed by atoms with Crippen LogP contribution in [0.4, 0.5) is 0 Å². The molecule has 86 valence electrons. The van der Waals surface area contributed by atoms with Crippen molar-refractivity contribution >= 4 is 0 Å². The van der Waals surface area contributed by atoms with Crippen molar-refractivity contribution in [1.29, 1.82) is 0 Å². The molecule has 1 rings (SSSR count). The summed E-state index contributed by atoms with van der Waals surface area (Å²) in [5.41, 5.74) is 2.20. The molecule has 3 nitrogen and oxygen atoms in total. The van der Waals surface area contributed by atoms with Gasteiger partial charge in [0.25, 0.3) is 0 Å². The van der Waals surface area contributed by atoms with Crippen LogP contribution < -0.4 is 5.32 Å². The van der Waals surface area contributed by atoms with Crippen LogP contribution in [0.3, 0.4) is 0 Å². The maximum atomic E-state index is 5.12. The van der Waals surface area contributed by atoms with E-state index in [1.165, 1.54) is 12.0 Å². The van der Waals surface area contributed by atoms with Gasteiger partial charge in [0.05, 0.1) is 5.69 Å². The van der Waals surface area contributed by atoms with Crippen molar-refractivity contribution in [3.63, 3.8) is 0 Å². The summed E-state index contributed by atoms with van der Waals surface area (Å²) in [5.74, 6) is 1.66. The monoisotopic (exact) mass is 210 g/mol. The molecule has 0 aliphatic rings. The van der Waals surface area contributed by atoms with E-state index < -0.39 is 0 Å². The van der Waals surface area contributed by atoms with Crippen LogP contribution in [-0.2, 0) is 6.54 Å². The summed E-state index contributed by atoms with van der Waals surface area (Å²) in [6.45, 7) is 11.5. The van der Waals surface area contributed by atoms with Crippen molar-refractivity contribution < 1.29 is 4.52 Å². The van der Waals surface area contributed by atoms with Crippen LogP contribution in [-0.4, -0.2) is 11.2 Å². The first-order chi connectivity index (χ1) is 7.00. The third kappa shape index (κ3) is 3.67. The molecule has 0 radical (unpaired) electrons. The maximum Gasteiger partial charge on any atom is 0.138 e. The molecule has 1 aromatic rings. The molecule has 0 bridgehead atoms. The van der Waals surface area contributed by atoms with Crippen LogP contribution in [0.5, 0.6) is 0 Å². The van der Waals surface area contributed by atoms with Gasteiger partial charge in [-0.15, -0.1) is 0 Å². The summed E-state index contributed by atoms with van der Waals surface area (Å²) in [6.07, 6.45) is 1.20. The minimum atomic E-state index is 0.540. The van der Waals surface area contributed by atoms with Gasteiger partial charge in [-0.2, -0.15) is 0 Å². The topological polar surface area (TPSA) is 38.1 Å². The highest BCUT2D eigenvalue weighted by atomic mass is 16.5. The molecule has 0 saturated carbocycles. The lowest BCUT2D eigenvalue weighted by Crippen LogP contribution is -2.27. The average Bonchev–Trinajstić information content (AvgIpc) is 2.42. The summed E-state index contributed by atoms with van der Waals surface area (Å²) < 4.78 is 5.12. The summed E-state index contributed by atoms with van der Waals surface area (Å²) in [4.78, 5) is 0. The van der Waals surface area contributed by atoms with Crippen LogP contribution >= 0.6 is 0 Å². The highest BCUT2D eigenvalue weighted by molar-refractivity contribution is 5.20. The number of hydrogen-bond donors (Lipinski definition) is 1. The predicted molar refractivity (Wildman–Crippen MR) is 61.7 cm³/mol. The Morgan fingerprint density at radius 3 is 2.40 bits per heavy atom. The molecule has 1 atom stereocenters. The highest BCUT2D eigenvalue weighted by Gasteiger charge is 2.10. The predicted octanol–water partition coefficient (Wildman–Crippen LogP) is 2.82. The Bertz CT molecular complexity index is 285. The smallest absolute Gasteiger partial charge is 0.138 e. The zero-order chi connectivity index (χ0) is 11.4. The molecule has 0 aliphatic heterocycles. The first-order valence-electron chi connectivity index (χ1n) is 5.65. The number of hydrogen-bond acceptors (Lipinski definition) is 3. The standard InChI is InChI=1S/C12H22N2O/c1-8(2)6-9(3)13-7-12-10(4)14-15-11(12)5/h8-9,13H,6-7H2,1-5H3/t9-/m1/s1. The van der Waals surface area contributed by atoms with Crippen molar-refractivity contribution in [1.82, 2.24) is 10.5 Å². The molecule has 1 aromatic heterocycles. The lowest BCUT2D eigenvalue weighted by atomic mass is 10.0. The van der Waals surface area contributed by atoms with E-state index in [-0.39, 0.29) is 0 Å². The molecule has 0 spiro atoms. The van der Waals surface area contributed by atoms with E-state index in [2.05, 4.69) is 31.2 Å². The molecular weight excluding hydrogens is 188 g/mol. The van der Waals surface area contributed by atoms with Gasteiger partial charge in [0, 0.05) is 18.2 Å². The van der Waals surface area contributed by atoms with Gasteiger partial charge in [-0.1, -0.05) is 19.0 Å². The molecule has 0 unspecified atom stereocenters. The average molecular weight is 210 g/mol. The number of nitrogens with zero attached hydrogens (tertiary/aromatic N) is 1. The normalized spacial score (nSPS) is 13.5. The number of nitrogens with one attached hydrogen (secondary N) is 1. The van der Waals surface area contributed by atoms with Crippen molar-refractivity contribution in [2.24, 2.45) is 5.92 Å². The van der Waals surface area contributed by atoms with E-state index in [4.69, 9.17) is 4.52 Å². The van der Waals surface area contributed by atoms with Gasteiger partial charge in [-0.05, 0) is 33.1 Å². The molecule has 0 aliphatic carbocycles. The lowest BCUT2D eigenvalue weighted by Gasteiger charge is -2.15. The molecule has 0 aromatic carbocycles. The van der Waals surface area contributed by atoms with Crippen LogP contribution in [0.15, 0.2) is 4.52 Å². The number of rotatable bonds is 5. The summed E-state index contributed by atoms with van der Waals surface area (Å²) in [6, 6.07) is 0.540. The molecule has 1 N–H and O–H groups in total. The Morgan fingerprint density at radius 1 is 1.27 bits per heavy atom. The molecular formula is C12H22N2O. The minimum Gasteiger partial charge on any atom is -0.361 e. The fourth-order valence-electron chi connectivity index (χ4n) is 1.82. The second-order valence-electron chi connectivity index (χ2n) is 4.71. The van der Waals surface area contributed by atoms with Crippen molar-refractivity contribution in [2.45, 2.75) is 53.6 Å². The fraction of sp³-hybridized carbons (Fsp3) is 0.750. The van der Waals surface area contributed by atoms with E-state index in [1.807, 2.05) is 13.8 Å². The van der Waals surface area contributed by atoms with Crippen LogP contribution in [0.1, 0.15) is 44.2 Å². The Hall–Kier alpha value is -0.830. The zero-order valence-corrected chi connectivity index (χ0v) is 10.4. The highest BCUT2D eigenvalue weighted by Crippen LogP contribution is 2.12. The van der Waals surface area contributed by atoms with E-state index >= 15 is 0 Å². The Balaban J connectivity index is 2.43. The summed E-state index contributed by atoms with van der Waals surface area (Å²) in [7, 11) is 0. The van der Waals surface area contributed by atoms with Gasteiger partial charge < -0.3 is 9.84 Å². The Morgan fingerprint density at radius 2 is 1.93 bits per heavy atom. The first kappa shape index (κ1) is 12.2. The van der Waals surface area contributed by atoms with Gasteiger partial charge >= 0.3 is 0 Å². The minimum absolute atomic E-state index is 0.540. The van der Waals surface area contributed by atoms with Crippen molar-refractivity contribution in [3.05, 3.63) is 17.0 Å². The van der Waals surface area contributed by atoms with Crippen LogP contribution in [0, 0.1) is 19.8 Å². The zero-order valence-electron chi connectivity index (χ0n) is 10.4. The van der Waals surface area contributed by atoms with Gasteiger partial charge in [-0.25, -0.2) is 0 Å². The van der Waals surface area contributed by atoms with Gasteiger partial charge in [-0.3, -0.25) is 0 Å². The second kappa shape index (κ2) is 5.31. The Labute approximate surface area is 92.2 Å². The SMILES string of the molecule is Cc1noc(C)c1CN[C@H](C)CC(C)C. The van der Waals surface area contributed by atoms with Gasteiger partial charge in [0.15, 0.2) is 0 Å². The molecule has 0 fully saturated rings. The summed E-state index contributed by atoms with van der Waals surface area (Å²) in [5, 5.41) is 7.44. The Kier molecular flexibility index (Phi) is 4.33. The third-order valence-electron chi connectivity index (χ3n) is 2.63. The van der Waals surface area contributed by atoms with Crippen molar-refractivity contribution in [2.75, 3.05) is 0 Å². The van der Waals surface area contributed by atoms with Crippen molar-refractivity contribution in [3.8, 4) is 0 Å². The molecule has 1 heterocycles. The van der Waals surface area contributed by atoms with E-state index in [9.17, 15) is 0 Å². The maximum absolute atomic E-state index is 5.12. The molecule has 3 heteroatoms. The van der Waals surface area contributed by atoms with Crippen LogP contribution in [0.25, 0.3) is 0 Å². The second-order valence-corrected chi connectivity index (χ2v) is 4.71. The molecule has 15 heavy (non-hydrogen) atoms. The quantitative estimate of drug-likeness (QED) is 0.812. The largest absolute Gasteiger partial charge is 0.361 e. The van der Waals surface area contributed by atoms with E-state index in [0.29, 0.717) is 6.04 Å². The fourth-order valence-corrected chi connectivity index (χ4v) is 1.82. The van der Waals surface area contributed by atoms with Gasteiger partial charge in [0.2, 0.25) is 0 Å². The van der Waals surface area contributed by atoms with E-state index in [1.54, 1.807) is 0 Å². The lowest BCUT2D eigenvalue weighted by molar-refractivity contribution is 0.390. The van der Waals surface area contributed by atoms with Crippen LogP contribution in [0.2, 0.25) is 0 Å². The first-order valence-corrected chi connectivity index (χ1v) is 5.65.